The van der Waals surface area contributed by atoms with Gasteiger partial charge in [0, 0.05) is 12.2 Å². The molecule has 2 heterocycles. The molecule has 0 amide bonds. The zero-order valence-corrected chi connectivity index (χ0v) is 13.4. The number of hydrogen-bond acceptors (Lipinski definition) is 4. The van der Waals surface area contributed by atoms with Gasteiger partial charge in [-0.2, -0.15) is 11.8 Å². The summed E-state index contributed by atoms with van der Waals surface area (Å²) < 4.78 is 5.69. The lowest BCUT2D eigenvalue weighted by Gasteiger charge is -2.26. The van der Waals surface area contributed by atoms with Gasteiger partial charge in [-0.1, -0.05) is 6.92 Å². The lowest BCUT2D eigenvalue weighted by Crippen LogP contribution is -2.22. The molecule has 0 spiro atoms. The van der Waals surface area contributed by atoms with Crippen LogP contribution in [0.1, 0.15) is 44.2 Å². The molecule has 3 nitrogen and oxygen atoms in total. The average molecular weight is 294 g/mol. The molecule has 1 aliphatic rings. The van der Waals surface area contributed by atoms with Crippen LogP contribution in [-0.2, 0) is 0 Å². The van der Waals surface area contributed by atoms with Gasteiger partial charge in [0.15, 0.2) is 0 Å². The van der Waals surface area contributed by atoms with Gasteiger partial charge in [0.1, 0.15) is 5.75 Å². The first kappa shape index (κ1) is 15.6. The summed E-state index contributed by atoms with van der Waals surface area (Å²) in [5.41, 5.74) is 1.25. The van der Waals surface area contributed by atoms with Gasteiger partial charge in [-0.3, -0.25) is 4.98 Å². The predicted octanol–water partition coefficient (Wildman–Crippen LogP) is 3.66. The minimum atomic E-state index is 0.390. The van der Waals surface area contributed by atoms with Gasteiger partial charge in [0.25, 0.3) is 0 Å². The van der Waals surface area contributed by atoms with Crippen molar-refractivity contribution in [3.8, 4) is 5.75 Å². The van der Waals surface area contributed by atoms with Crippen LogP contribution in [0.15, 0.2) is 18.5 Å². The number of thioether (sulfide) groups is 1. The van der Waals surface area contributed by atoms with E-state index in [2.05, 4.69) is 35.1 Å². The minimum absolute atomic E-state index is 0.390. The SMILES string of the molecule is CCCOc1cncc(C(CC2CCSCC2)NC)c1. The molecule has 1 aromatic rings. The van der Waals surface area contributed by atoms with Gasteiger partial charge in [-0.25, -0.2) is 0 Å². The zero-order valence-electron chi connectivity index (χ0n) is 12.6. The molecule has 20 heavy (non-hydrogen) atoms. The maximum Gasteiger partial charge on any atom is 0.137 e. The maximum atomic E-state index is 5.69. The van der Waals surface area contributed by atoms with Crippen LogP contribution in [0.2, 0.25) is 0 Å². The molecule has 4 heteroatoms. The Morgan fingerprint density at radius 3 is 2.90 bits per heavy atom. The lowest BCUT2D eigenvalue weighted by atomic mass is 9.91. The molecule has 1 atom stereocenters. The number of nitrogens with zero attached hydrogens (tertiary/aromatic N) is 1. The highest BCUT2D eigenvalue weighted by molar-refractivity contribution is 7.99. The third-order valence-electron chi connectivity index (χ3n) is 3.87. The highest BCUT2D eigenvalue weighted by atomic mass is 32.2. The van der Waals surface area contributed by atoms with Gasteiger partial charge in [-0.15, -0.1) is 0 Å². The number of nitrogens with one attached hydrogen (secondary N) is 1. The lowest BCUT2D eigenvalue weighted by molar-refractivity contribution is 0.314. The topological polar surface area (TPSA) is 34.1 Å². The van der Waals surface area contributed by atoms with Crippen molar-refractivity contribution in [3.63, 3.8) is 0 Å². The Labute approximate surface area is 126 Å². The van der Waals surface area contributed by atoms with Crippen LogP contribution in [-0.4, -0.2) is 30.1 Å². The number of hydrogen-bond donors (Lipinski definition) is 1. The van der Waals surface area contributed by atoms with E-state index in [0.29, 0.717) is 6.04 Å². The van der Waals surface area contributed by atoms with E-state index in [9.17, 15) is 0 Å². The van der Waals surface area contributed by atoms with Crippen LogP contribution in [0.4, 0.5) is 0 Å². The van der Waals surface area contributed by atoms with Crippen molar-refractivity contribution in [1.29, 1.82) is 0 Å². The maximum absolute atomic E-state index is 5.69. The smallest absolute Gasteiger partial charge is 0.137 e. The second kappa shape index (κ2) is 8.53. The van der Waals surface area contributed by atoms with Crippen LogP contribution in [0.25, 0.3) is 0 Å². The molecule has 0 radical (unpaired) electrons. The van der Waals surface area contributed by atoms with Crippen LogP contribution >= 0.6 is 11.8 Å². The summed E-state index contributed by atoms with van der Waals surface area (Å²) in [6, 6.07) is 2.53. The van der Waals surface area contributed by atoms with Gasteiger partial charge in [-0.05, 0) is 61.8 Å². The third-order valence-corrected chi connectivity index (χ3v) is 4.92. The van der Waals surface area contributed by atoms with Crippen molar-refractivity contribution in [3.05, 3.63) is 24.0 Å². The first-order valence-electron chi connectivity index (χ1n) is 7.66. The van der Waals surface area contributed by atoms with E-state index in [-0.39, 0.29) is 0 Å². The van der Waals surface area contributed by atoms with E-state index < -0.39 is 0 Å². The molecule has 0 saturated carbocycles. The van der Waals surface area contributed by atoms with Crippen molar-refractivity contribution in [2.24, 2.45) is 5.92 Å². The third kappa shape index (κ3) is 4.67. The van der Waals surface area contributed by atoms with Gasteiger partial charge in [0.05, 0.1) is 12.8 Å². The molecular weight excluding hydrogens is 268 g/mol. The first-order chi connectivity index (χ1) is 9.83. The summed E-state index contributed by atoms with van der Waals surface area (Å²) in [6.07, 6.45) is 8.71. The molecule has 1 unspecified atom stereocenters. The Bertz CT molecular complexity index is 394. The molecule has 2 rings (SSSR count). The van der Waals surface area contributed by atoms with E-state index in [1.807, 2.05) is 19.4 Å². The summed E-state index contributed by atoms with van der Waals surface area (Å²) in [5.74, 6) is 4.37. The van der Waals surface area contributed by atoms with E-state index in [0.717, 1.165) is 24.7 Å². The molecule has 0 aliphatic carbocycles. The summed E-state index contributed by atoms with van der Waals surface area (Å²) in [6.45, 7) is 2.88. The molecule has 112 valence electrons. The van der Waals surface area contributed by atoms with Crippen LogP contribution < -0.4 is 10.1 Å². The number of rotatable bonds is 7. The van der Waals surface area contributed by atoms with E-state index >= 15 is 0 Å². The monoisotopic (exact) mass is 294 g/mol. The van der Waals surface area contributed by atoms with Crippen molar-refractivity contribution in [2.75, 3.05) is 25.2 Å². The Kier molecular flexibility index (Phi) is 6.67. The Balaban J connectivity index is 1.98. The van der Waals surface area contributed by atoms with Crippen LogP contribution in [0, 0.1) is 5.92 Å². The van der Waals surface area contributed by atoms with Gasteiger partial charge >= 0.3 is 0 Å². The quantitative estimate of drug-likeness (QED) is 0.832. The summed E-state index contributed by atoms with van der Waals surface area (Å²) >= 11 is 2.09. The number of aromatic nitrogens is 1. The second-order valence-corrected chi connectivity index (χ2v) is 6.66. The largest absolute Gasteiger partial charge is 0.492 e. The first-order valence-corrected chi connectivity index (χ1v) is 8.81. The second-order valence-electron chi connectivity index (χ2n) is 5.44. The van der Waals surface area contributed by atoms with E-state index in [4.69, 9.17) is 4.74 Å². The zero-order chi connectivity index (χ0) is 14.2. The fourth-order valence-electron chi connectivity index (χ4n) is 2.66. The van der Waals surface area contributed by atoms with Gasteiger partial charge < -0.3 is 10.1 Å². The van der Waals surface area contributed by atoms with E-state index in [1.165, 1.54) is 36.3 Å². The summed E-state index contributed by atoms with van der Waals surface area (Å²) in [7, 11) is 2.04. The molecule has 0 aromatic carbocycles. The molecule has 0 bridgehead atoms. The Morgan fingerprint density at radius 1 is 1.40 bits per heavy atom. The standard InChI is InChI=1S/C16H26N2OS/c1-3-6-19-15-10-14(11-18-12-15)16(17-2)9-13-4-7-20-8-5-13/h10-13,16-17H,3-9H2,1-2H3. The van der Waals surface area contributed by atoms with E-state index in [1.54, 1.807) is 0 Å². The number of pyridine rings is 1. The predicted molar refractivity (Wildman–Crippen MR) is 86.5 cm³/mol. The van der Waals surface area contributed by atoms with Crippen molar-refractivity contribution >= 4 is 11.8 Å². The summed E-state index contributed by atoms with van der Waals surface area (Å²) in [5, 5.41) is 3.45. The highest BCUT2D eigenvalue weighted by Crippen LogP contribution is 2.31. The Morgan fingerprint density at radius 2 is 2.20 bits per heavy atom. The average Bonchev–Trinajstić information content (AvgIpc) is 2.52. The molecule has 1 aromatic heterocycles. The number of ether oxygens (including phenoxy) is 1. The molecular formula is C16H26N2OS. The van der Waals surface area contributed by atoms with Crippen LogP contribution in [0.3, 0.4) is 0 Å². The van der Waals surface area contributed by atoms with Crippen molar-refractivity contribution < 1.29 is 4.74 Å². The van der Waals surface area contributed by atoms with Crippen LogP contribution in [0.5, 0.6) is 5.75 Å². The Hall–Kier alpha value is -0.740. The highest BCUT2D eigenvalue weighted by Gasteiger charge is 2.20. The summed E-state index contributed by atoms with van der Waals surface area (Å²) in [4.78, 5) is 4.33. The molecule has 1 saturated heterocycles. The molecule has 1 fully saturated rings. The fraction of sp³-hybridized carbons (Fsp3) is 0.688. The van der Waals surface area contributed by atoms with Crippen molar-refractivity contribution in [2.45, 2.75) is 38.6 Å². The minimum Gasteiger partial charge on any atom is -0.492 e. The van der Waals surface area contributed by atoms with Gasteiger partial charge in [0.2, 0.25) is 0 Å². The normalized spacial score (nSPS) is 17.9. The van der Waals surface area contributed by atoms with Crippen molar-refractivity contribution in [1.82, 2.24) is 10.3 Å². The molecule has 1 aliphatic heterocycles. The molecule has 1 N–H and O–H groups in total. The fourth-order valence-corrected chi connectivity index (χ4v) is 3.87.